The third-order valence-corrected chi connectivity index (χ3v) is 5.51. The summed E-state index contributed by atoms with van der Waals surface area (Å²) in [5.41, 5.74) is 2.04. The Morgan fingerprint density at radius 1 is 1.29 bits per heavy atom. The number of imidazole rings is 1. The highest BCUT2D eigenvalue weighted by Crippen LogP contribution is 2.47. The predicted octanol–water partition coefficient (Wildman–Crippen LogP) is 4.99. The van der Waals surface area contributed by atoms with Gasteiger partial charge in [-0.05, 0) is 36.5 Å². The number of nitrogens with one attached hydrogen (secondary N) is 2. The van der Waals surface area contributed by atoms with Crippen LogP contribution in [0.4, 0.5) is 0 Å². The van der Waals surface area contributed by atoms with E-state index >= 15 is 0 Å². The van der Waals surface area contributed by atoms with E-state index in [1.165, 1.54) is 6.42 Å². The zero-order valence-electron chi connectivity index (χ0n) is 16.4. The zero-order chi connectivity index (χ0) is 19.5. The number of hydrogen-bond acceptors (Lipinski definition) is 3. The first kappa shape index (κ1) is 18.5. The standard InChI is InChI=1S/C23H27N3O2/c1-3-19(23-24-14-20(26-23)16-7-5-4-6-8-16)25-22(27)12-10-17-9-11-21(28-17)18-13-15(18)2/h4-9,11,14-15,18-19H,3,10,12-13H2,1-2H3,(H,24,26)(H,25,27). The number of carbonyl (C=O) groups excluding carboxylic acids is 1. The average molecular weight is 377 g/mol. The normalized spacial score (nSPS) is 19.4. The van der Waals surface area contributed by atoms with Crippen LogP contribution in [0.15, 0.2) is 53.1 Å². The maximum absolute atomic E-state index is 12.4. The van der Waals surface area contributed by atoms with Gasteiger partial charge in [-0.15, -0.1) is 0 Å². The van der Waals surface area contributed by atoms with Crippen LogP contribution < -0.4 is 5.32 Å². The third kappa shape index (κ3) is 4.19. The van der Waals surface area contributed by atoms with E-state index in [-0.39, 0.29) is 11.9 Å². The highest BCUT2D eigenvalue weighted by Gasteiger charge is 2.36. The van der Waals surface area contributed by atoms with Gasteiger partial charge in [0.25, 0.3) is 0 Å². The van der Waals surface area contributed by atoms with Gasteiger partial charge in [0.1, 0.15) is 17.3 Å². The van der Waals surface area contributed by atoms with Gasteiger partial charge in [-0.25, -0.2) is 4.98 Å². The molecule has 4 rings (SSSR count). The molecule has 0 bridgehead atoms. The molecule has 0 saturated heterocycles. The van der Waals surface area contributed by atoms with Crippen LogP contribution in [0.1, 0.15) is 62.4 Å². The first-order valence-electron chi connectivity index (χ1n) is 10.1. The number of amides is 1. The highest BCUT2D eigenvalue weighted by atomic mass is 16.3. The first-order chi connectivity index (χ1) is 13.6. The smallest absolute Gasteiger partial charge is 0.221 e. The van der Waals surface area contributed by atoms with E-state index in [9.17, 15) is 4.79 Å². The summed E-state index contributed by atoms with van der Waals surface area (Å²) in [5, 5.41) is 3.09. The van der Waals surface area contributed by atoms with Crippen LogP contribution in [0.3, 0.4) is 0 Å². The van der Waals surface area contributed by atoms with Crippen molar-refractivity contribution in [3.05, 3.63) is 66.0 Å². The van der Waals surface area contributed by atoms with Crippen LogP contribution >= 0.6 is 0 Å². The molecular weight excluding hydrogens is 350 g/mol. The molecule has 1 aliphatic rings. The van der Waals surface area contributed by atoms with Crippen molar-refractivity contribution in [1.29, 1.82) is 0 Å². The van der Waals surface area contributed by atoms with E-state index < -0.39 is 0 Å². The second-order valence-corrected chi connectivity index (χ2v) is 7.70. The SMILES string of the molecule is CCC(NC(=O)CCc1ccc(C2CC2C)o1)c1ncc(-c2ccccc2)[nH]1. The Kier molecular flexibility index (Phi) is 5.33. The maximum Gasteiger partial charge on any atom is 0.221 e. The van der Waals surface area contributed by atoms with E-state index in [0.29, 0.717) is 18.8 Å². The Morgan fingerprint density at radius 2 is 2.07 bits per heavy atom. The second kappa shape index (κ2) is 8.05. The van der Waals surface area contributed by atoms with Crippen LogP contribution in [0, 0.1) is 5.92 Å². The van der Waals surface area contributed by atoms with Crippen LogP contribution in [-0.2, 0) is 11.2 Å². The van der Waals surface area contributed by atoms with Gasteiger partial charge in [0, 0.05) is 18.8 Å². The van der Waals surface area contributed by atoms with Crippen LogP contribution in [0.5, 0.6) is 0 Å². The minimum atomic E-state index is -0.121. The molecule has 3 aromatic rings. The summed E-state index contributed by atoms with van der Waals surface area (Å²) in [4.78, 5) is 20.3. The number of aromatic nitrogens is 2. The Hall–Kier alpha value is -2.82. The molecule has 0 radical (unpaired) electrons. The van der Waals surface area contributed by atoms with Crippen molar-refractivity contribution in [2.75, 3.05) is 0 Å². The molecule has 1 amide bonds. The van der Waals surface area contributed by atoms with E-state index in [0.717, 1.165) is 40.9 Å². The van der Waals surface area contributed by atoms with Gasteiger partial charge in [-0.1, -0.05) is 44.2 Å². The fourth-order valence-corrected chi connectivity index (χ4v) is 3.59. The predicted molar refractivity (Wildman–Crippen MR) is 109 cm³/mol. The molecule has 1 fully saturated rings. The molecule has 1 aromatic carbocycles. The van der Waals surface area contributed by atoms with Crippen molar-refractivity contribution >= 4 is 5.91 Å². The minimum absolute atomic E-state index is 0.0160. The van der Waals surface area contributed by atoms with Gasteiger partial charge in [-0.2, -0.15) is 0 Å². The molecular formula is C23H27N3O2. The van der Waals surface area contributed by atoms with Crippen LogP contribution in [0.25, 0.3) is 11.3 Å². The van der Waals surface area contributed by atoms with E-state index in [1.807, 2.05) is 49.5 Å². The summed E-state index contributed by atoms with van der Waals surface area (Å²) in [6.45, 7) is 4.29. The average Bonchev–Trinajstić information content (AvgIpc) is 3.13. The van der Waals surface area contributed by atoms with E-state index in [1.54, 1.807) is 0 Å². The molecule has 0 aliphatic heterocycles. The quantitative estimate of drug-likeness (QED) is 0.581. The van der Waals surface area contributed by atoms with Crippen molar-refractivity contribution in [3.63, 3.8) is 0 Å². The summed E-state index contributed by atoms with van der Waals surface area (Å²) in [7, 11) is 0. The van der Waals surface area contributed by atoms with Gasteiger partial charge in [0.05, 0.1) is 17.9 Å². The highest BCUT2D eigenvalue weighted by molar-refractivity contribution is 5.76. The van der Waals surface area contributed by atoms with E-state index in [2.05, 4.69) is 28.3 Å². The molecule has 2 N–H and O–H groups in total. The Morgan fingerprint density at radius 3 is 2.79 bits per heavy atom. The number of benzene rings is 1. The Labute approximate surface area is 165 Å². The summed E-state index contributed by atoms with van der Waals surface area (Å²) in [6.07, 6.45) is 4.84. The molecule has 5 heteroatoms. The van der Waals surface area contributed by atoms with Crippen molar-refractivity contribution in [2.24, 2.45) is 5.92 Å². The molecule has 1 aliphatic carbocycles. The fraction of sp³-hybridized carbons (Fsp3) is 0.391. The lowest BCUT2D eigenvalue weighted by atomic mass is 10.1. The van der Waals surface area contributed by atoms with Crippen molar-refractivity contribution in [2.45, 2.75) is 51.5 Å². The monoisotopic (exact) mass is 377 g/mol. The van der Waals surface area contributed by atoms with Crippen molar-refractivity contribution in [3.8, 4) is 11.3 Å². The zero-order valence-corrected chi connectivity index (χ0v) is 16.4. The van der Waals surface area contributed by atoms with Crippen molar-refractivity contribution < 1.29 is 9.21 Å². The van der Waals surface area contributed by atoms with Crippen LogP contribution in [-0.4, -0.2) is 15.9 Å². The summed E-state index contributed by atoms with van der Waals surface area (Å²) in [5.74, 6) is 4.06. The second-order valence-electron chi connectivity index (χ2n) is 7.70. The number of aryl methyl sites for hydroxylation is 1. The molecule has 146 valence electrons. The number of H-pyrrole nitrogens is 1. The largest absolute Gasteiger partial charge is 0.466 e. The molecule has 2 heterocycles. The molecule has 5 nitrogen and oxygen atoms in total. The lowest BCUT2D eigenvalue weighted by Gasteiger charge is -2.14. The third-order valence-electron chi connectivity index (χ3n) is 5.51. The van der Waals surface area contributed by atoms with Gasteiger partial charge in [-0.3, -0.25) is 4.79 Å². The number of nitrogens with zero attached hydrogens (tertiary/aromatic N) is 1. The number of furan rings is 1. The topological polar surface area (TPSA) is 70.9 Å². The van der Waals surface area contributed by atoms with Gasteiger partial charge in [0.15, 0.2) is 0 Å². The van der Waals surface area contributed by atoms with E-state index in [4.69, 9.17) is 4.42 Å². The lowest BCUT2D eigenvalue weighted by molar-refractivity contribution is -0.122. The first-order valence-corrected chi connectivity index (χ1v) is 10.1. The molecule has 28 heavy (non-hydrogen) atoms. The number of carbonyl (C=O) groups is 1. The van der Waals surface area contributed by atoms with Crippen LogP contribution in [0.2, 0.25) is 0 Å². The molecule has 0 spiro atoms. The van der Waals surface area contributed by atoms with Gasteiger partial charge in [0.2, 0.25) is 5.91 Å². The summed E-state index contributed by atoms with van der Waals surface area (Å²) in [6, 6.07) is 14.0. The van der Waals surface area contributed by atoms with Gasteiger partial charge >= 0.3 is 0 Å². The number of aromatic amines is 1. The van der Waals surface area contributed by atoms with Gasteiger partial charge < -0.3 is 14.7 Å². The summed E-state index contributed by atoms with van der Waals surface area (Å²) >= 11 is 0. The molecule has 2 aromatic heterocycles. The lowest BCUT2D eigenvalue weighted by Crippen LogP contribution is -2.29. The fourth-order valence-electron chi connectivity index (χ4n) is 3.59. The van der Waals surface area contributed by atoms with Crippen molar-refractivity contribution in [1.82, 2.24) is 15.3 Å². The number of hydrogen-bond donors (Lipinski definition) is 2. The molecule has 1 saturated carbocycles. The maximum atomic E-state index is 12.4. The Bertz CT molecular complexity index is 928. The Balaban J connectivity index is 1.32. The summed E-state index contributed by atoms with van der Waals surface area (Å²) < 4.78 is 5.90. The molecule has 3 atom stereocenters. The number of rotatable bonds is 8. The molecule has 3 unspecified atom stereocenters. The minimum Gasteiger partial charge on any atom is -0.466 e.